The molecule has 0 radical (unpaired) electrons. The number of furan rings is 1. The van der Waals surface area contributed by atoms with Gasteiger partial charge in [0.1, 0.15) is 17.1 Å². The van der Waals surface area contributed by atoms with Gasteiger partial charge in [0.2, 0.25) is 5.91 Å². The first-order valence-electron chi connectivity index (χ1n) is 7.76. The Morgan fingerprint density at radius 3 is 2.36 bits per heavy atom. The van der Waals surface area contributed by atoms with Gasteiger partial charge in [0, 0.05) is 13.5 Å². The molecule has 2 atom stereocenters. The van der Waals surface area contributed by atoms with Crippen molar-refractivity contribution in [3.63, 3.8) is 0 Å². The first-order chi connectivity index (χ1) is 11.9. The number of carbonyl (C=O) groups excluding carboxylic acids is 1. The number of hydrogen-bond donors (Lipinski definition) is 0. The molecule has 0 fully saturated rings. The molecule has 0 spiro atoms. The van der Waals surface area contributed by atoms with Crippen LogP contribution in [0, 0.1) is 0 Å². The van der Waals surface area contributed by atoms with Crippen molar-refractivity contribution in [2.45, 2.75) is 23.1 Å². The molecule has 2 aromatic rings. The van der Waals surface area contributed by atoms with E-state index in [4.69, 9.17) is 4.42 Å². The molecule has 132 valence electrons. The predicted octanol–water partition coefficient (Wildman–Crippen LogP) is 3.38. The minimum atomic E-state index is -3.78. The lowest BCUT2D eigenvalue weighted by atomic mass is 10.1. The Labute approximate surface area is 148 Å². The third kappa shape index (κ3) is 3.91. The summed E-state index contributed by atoms with van der Waals surface area (Å²) in [7, 11) is -3.78. The van der Waals surface area contributed by atoms with Gasteiger partial charge in [0.15, 0.2) is 9.84 Å². The number of hydrogen-bond acceptors (Lipinski definition) is 4. The normalized spacial score (nSPS) is 13.6. The van der Waals surface area contributed by atoms with E-state index in [1.165, 1.54) is 36.3 Å². The molecule has 0 saturated heterocycles. The van der Waals surface area contributed by atoms with Crippen molar-refractivity contribution >= 4 is 15.7 Å². The molecule has 0 bridgehead atoms. The maximum absolute atomic E-state index is 13.2. The molecule has 6 heteroatoms. The zero-order chi connectivity index (χ0) is 18.4. The second-order valence-electron chi connectivity index (χ2n) is 5.48. The summed E-state index contributed by atoms with van der Waals surface area (Å²) in [5.41, 5.74) is 0. The van der Waals surface area contributed by atoms with Crippen molar-refractivity contribution in [3.8, 4) is 0 Å². The maximum Gasteiger partial charge on any atom is 0.220 e. The van der Waals surface area contributed by atoms with Gasteiger partial charge in [-0.3, -0.25) is 4.79 Å². The molecule has 1 aromatic carbocycles. The molecule has 0 aliphatic rings. The average Bonchev–Trinajstić information content (AvgIpc) is 3.12. The smallest absolute Gasteiger partial charge is 0.220 e. The highest BCUT2D eigenvalue weighted by Gasteiger charge is 2.39. The van der Waals surface area contributed by atoms with E-state index in [9.17, 15) is 13.2 Å². The van der Waals surface area contributed by atoms with E-state index < -0.39 is 21.1 Å². The predicted molar refractivity (Wildman–Crippen MR) is 96.6 cm³/mol. The summed E-state index contributed by atoms with van der Waals surface area (Å²) in [5, 5.41) is -1.06. The van der Waals surface area contributed by atoms with Crippen LogP contribution in [0.1, 0.15) is 18.7 Å². The first-order valence-corrected chi connectivity index (χ1v) is 9.31. The van der Waals surface area contributed by atoms with Crippen LogP contribution in [0.5, 0.6) is 0 Å². The van der Waals surface area contributed by atoms with Crippen LogP contribution in [0.2, 0.25) is 0 Å². The Morgan fingerprint density at radius 2 is 1.88 bits per heavy atom. The largest absolute Gasteiger partial charge is 0.467 e. The van der Waals surface area contributed by atoms with Crippen molar-refractivity contribution < 1.29 is 17.6 Å². The third-order valence-corrected chi connectivity index (χ3v) is 5.97. The van der Waals surface area contributed by atoms with Gasteiger partial charge in [0.05, 0.1) is 11.2 Å². The Morgan fingerprint density at radius 1 is 1.20 bits per heavy atom. The van der Waals surface area contributed by atoms with E-state index in [-0.39, 0.29) is 17.3 Å². The fourth-order valence-corrected chi connectivity index (χ4v) is 4.45. The lowest BCUT2D eigenvalue weighted by Crippen LogP contribution is -2.42. The molecule has 1 amide bonds. The average molecular weight is 359 g/mol. The van der Waals surface area contributed by atoms with Crippen LogP contribution < -0.4 is 0 Å². The number of carbonyl (C=O) groups is 1. The summed E-state index contributed by atoms with van der Waals surface area (Å²) in [6.45, 7) is 8.93. The van der Waals surface area contributed by atoms with Gasteiger partial charge in [-0.15, -0.1) is 13.2 Å². The Kier molecular flexibility index (Phi) is 5.98. The third-order valence-electron chi connectivity index (χ3n) is 3.87. The van der Waals surface area contributed by atoms with Crippen molar-refractivity contribution in [1.82, 2.24) is 4.90 Å². The maximum atomic E-state index is 13.2. The fourth-order valence-electron chi connectivity index (χ4n) is 2.72. The van der Waals surface area contributed by atoms with E-state index in [1.54, 1.807) is 36.4 Å². The molecule has 2 rings (SSSR count). The zero-order valence-electron chi connectivity index (χ0n) is 14.0. The van der Waals surface area contributed by atoms with Crippen LogP contribution in [0.4, 0.5) is 0 Å². The minimum Gasteiger partial charge on any atom is -0.467 e. The summed E-state index contributed by atoms with van der Waals surface area (Å²) in [5.74, 6) is 0.0952. The molecule has 1 heterocycles. The molecular weight excluding hydrogens is 338 g/mol. The van der Waals surface area contributed by atoms with Crippen LogP contribution in [0.25, 0.3) is 0 Å². The van der Waals surface area contributed by atoms with Crippen molar-refractivity contribution in [2.24, 2.45) is 0 Å². The SMILES string of the molecule is C=CCN(C(C)=O)[C@H](c1ccco1)[C@H](C=C)S(=O)(=O)c1ccccc1. The van der Waals surface area contributed by atoms with E-state index in [0.29, 0.717) is 5.76 Å². The lowest BCUT2D eigenvalue weighted by Gasteiger charge is -2.33. The minimum absolute atomic E-state index is 0.165. The number of sulfone groups is 1. The van der Waals surface area contributed by atoms with Gasteiger partial charge < -0.3 is 9.32 Å². The highest BCUT2D eigenvalue weighted by Crippen LogP contribution is 2.33. The van der Waals surface area contributed by atoms with Crippen molar-refractivity contribution in [2.75, 3.05) is 6.54 Å². The van der Waals surface area contributed by atoms with Crippen molar-refractivity contribution in [3.05, 3.63) is 79.8 Å². The second-order valence-corrected chi connectivity index (χ2v) is 7.58. The van der Waals surface area contributed by atoms with E-state index in [1.807, 2.05) is 0 Å². The molecule has 0 unspecified atom stereocenters. The van der Waals surface area contributed by atoms with Crippen LogP contribution in [-0.4, -0.2) is 31.0 Å². The standard InChI is InChI=1S/C19H21NO4S/c1-4-13-20(15(3)21)19(17-12-9-14-24-17)18(5-2)25(22,23)16-10-7-6-8-11-16/h4-12,14,18-19H,1-2,13H2,3H3/t18-,19+/m0/s1. The zero-order valence-corrected chi connectivity index (χ0v) is 14.9. The number of benzene rings is 1. The molecule has 1 aromatic heterocycles. The Bertz CT molecular complexity index is 826. The molecule has 0 saturated carbocycles. The lowest BCUT2D eigenvalue weighted by molar-refractivity contribution is -0.130. The molecule has 0 aliphatic carbocycles. The van der Waals surface area contributed by atoms with Crippen LogP contribution in [0.15, 0.2) is 83.4 Å². The fraction of sp³-hybridized carbons (Fsp3) is 0.211. The molecule has 5 nitrogen and oxygen atoms in total. The Balaban J connectivity index is 2.60. The Hall–Kier alpha value is -2.60. The van der Waals surface area contributed by atoms with E-state index >= 15 is 0 Å². The number of rotatable bonds is 8. The monoisotopic (exact) mass is 359 g/mol. The van der Waals surface area contributed by atoms with Crippen molar-refractivity contribution in [1.29, 1.82) is 0 Å². The highest BCUT2D eigenvalue weighted by molar-refractivity contribution is 7.92. The van der Waals surface area contributed by atoms with Gasteiger partial charge in [-0.05, 0) is 24.3 Å². The summed E-state index contributed by atoms with van der Waals surface area (Å²) in [4.78, 5) is 13.7. The van der Waals surface area contributed by atoms with Crippen LogP contribution in [0.3, 0.4) is 0 Å². The molecule has 0 aliphatic heterocycles. The topological polar surface area (TPSA) is 67.6 Å². The summed E-state index contributed by atoms with van der Waals surface area (Å²) >= 11 is 0. The molecule has 25 heavy (non-hydrogen) atoms. The van der Waals surface area contributed by atoms with Crippen LogP contribution in [-0.2, 0) is 14.6 Å². The number of nitrogens with zero attached hydrogens (tertiary/aromatic N) is 1. The quantitative estimate of drug-likeness (QED) is 0.678. The van der Waals surface area contributed by atoms with Gasteiger partial charge >= 0.3 is 0 Å². The molecular formula is C19H21NO4S. The first kappa shape index (κ1) is 18.7. The van der Waals surface area contributed by atoms with Gasteiger partial charge in [-0.2, -0.15) is 0 Å². The summed E-state index contributed by atoms with van der Waals surface area (Å²) in [6.07, 6.45) is 4.34. The number of amides is 1. The van der Waals surface area contributed by atoms with Gasteiger partial charge in [0.25, 0.3) is 0 Å². The molecule has 0 N–H and O–H groups in total. The van der Waals surface area contributed by atoms with Gasteiger partial charge in [-0.1, -0.05) is 30.4 Å². The summed E-state index contributed by atoms with van der Waals surface area (Å²) < 4.78 is 31.8. The second kappa shape index (κ2) is 7.98. The van der Waals surface area contributed by atoms with Crippen LogP contribution >= 0.6 is 0 Å². The van der Waals surface area contributed by atoms with E-state index in [2.05, 4.69) is 13.2 Å². The van der Waals surface area contributed by atoms with E-state index in [0.717, 1.165) is 0 Å². The van der Waals surface area contributed by atoms with Gasteiger partial charge in [-0.25, -0.2) is 8.42 Å². The highest BCUT2D eigenvalue weighted by atomic mass is 32.2. The summed E-state index contributed by atoms with van der Waals surface area (Å²) in [6, 6.07) is 10.6.